The monoisotopic (exact) mass is 280 g/mol. The van der Waals surface area contributed by atoms with E-state index in [1.165, 1.54) is 19.3 Å². The van der Waals surface area contributed by atoms with E-state index in [4.69, 9.17) is 18.0 Å². The molecule has 4 unspecified atom stereocenters. The fourth-order valence-electron chi connectivity index (χ4n) is 4.83. The predicted molar refractivity (Wildman–Crippen MR) is 79.5 cm³/mol. The fraction of sp³-hybridized carbons (Fsp3) is 0.867. The van der Waals surface area contributed by atoms with Gasteiger partial charge in [0.1, 0.15) is 0 Å². The molecule has 3 fully saturated rings. The van der Waals surface area contributed by atoms with E-state index in [0.29, 0.717) is 16.8 Å². The maximum Gasteiger partial charge on any atom is 0.224 e. The number of fused-ring (bicyclic) bond motifs is 5. The summed E-state index contributed by atoms with van der Waals surface area (Å²) in [6, 6.07) is 0. The molecule has 106 valence electrons. The van der Waals surface area contributed by atoms with Crippen molar-refractivity contribution in [3.63, 3.8) is 0 Å². The normalized spacial score (nSPS) is 38.9. The van der Waals surface area contributed by atoms with Crippen LogP contribution >= 0.6 is 12.2 Å². The van der Waals surface area contributed by atoms with Gasteiger partial charge < -0.3 is 11.1 Å². The van der Waals surface area contributed by atoms with Gasteiger partial charge >= 0.3 is 0 Å². The van der Waals surface area contributed by atoms with Crippen LogP contribution in [0.25, 0.3) is 0 Å². The first-order valence-electron chi connectivity index (χ1n) is 7.66. The molecule has 19 heavy (non-hydrogen) atoms. The van der Waals surface area contributed by atoms with Gasteiger partial charge in [0.25, 0.3) is 0 Å². The minimum Gasteiger partial charge on any atom is -0.391 e. The van der Waals surface area contributed by atoms with Gasteiger partial charge in [0.2, 0.25) is 5.91 Å². The average Bonchev–Trinajstić information content (AvgIpc) is 2.85. The van der Waals surface area contributed by atoms with Crippen molar-refractivity contribution in [3.05, 3.63) is 0 Å². The molecule has 3 aliphatic rings. The molecule has 4 atom stereocenters. The third-order valence-corrected chi connectivity index (χ3v) is 6.47. The van der Waals surface area contributed by atoms with Gasteiger partial charge in [0, 0.05) is 5.92 Å². The lowest BCUT2D eigenvalue weighted by Crippen LogP contribution is -2.56. The first-order valence-corrected chi connectivity index (χ1v) is 8.06. The summed E-state index contributed by atoms with van der Waals surface area (Å²) in [5.41, 5.74) is 5.39. The highest BCUT2D eigenvalue weighted by Crippen LogP contribution is 2.69. The molecule has 2 bridgehead atoms. The van der Waals surface area contributed by atoms with Crippen LogP contribution in [-0.2, 0) is 4.79 Å². The van der Waals surface area contributed by atoms with Crippen molar-refractivity contribution in [2.75, 3.05) is 0 Å². The van der Waals surface area contributed by atoms with Crippen LogP contribution in [0.15, 0.2) is 0 Å². The Morgan fingerprint density at radius 3 is 2.21 bits per heavy atom. The van der Waals surface area contributed by atoms with Gasteiger partial charge in [-0.15, -0.1) is 0 Å². The Bertz CT molecular complexity index is 402. The Balaban J connectivity index is 1.68. The first kappa shape index (κ1) is 13.3. The van der Waals surface area contributed by atoms with Gasteiger partial charge in [-0.1, -0.05) is 26.1 Å². The van der Waals surface area contributed by atoms with Crippen molar-refractivity contribution in [1.82, 2.24) is 5.32 Å². The Morgan fingerprint density at radius 1 is 1.26 bits per heavy atom. The molecular weight excluding hydrogens is 256 g/mol. The summed E-state index contributed by atoms with van der Waals surface area (Å²) in [6.07, 6.45) is 5.62. The highest BCUT2D eigenvalue weighted by molar-refractivity contribution is 7.80. The van der Waals surface area contributed by atoms with Crippen molar-refractivity contribution < 1.29 is 4.79 Å². The molecule has 0 heterocycles. The van der Waals surface area contributed by atoms with Gasteiger partial charge in [-0.25, -0.2) is 0 Å². The SMILES string of the molecule is CCC(CC)(NC(=O)C1C2C3CCC(C3)C12)C(N)=S. The van der Waals surface area contributed by atoms with E-state index in [9.17, 15) is 4.79 Å². The number of rotatable bonds is 5. The number of thiocarbonyl (C=S) groups is 1. The molecule has 3 aliphatic carbocycles. The van der Waals surface area contributed by atoms with Crippen LogP contribution < -0.4 is 11.1 Å². The lowest BCUT2D eigenvalue weighted by Gasteiger charge is -2.32. The Morgan fingerprint density at radius 2 is 1.79 bits per heavy atom. The summed E-state index contributed by atoms with van der Waals surface area (Å²) in [4.78, 5) is 13.0. The smallest absolute Gasteiger partial charge is 0.224 e. The lowest BCUT2D eigenvalue weighted by atomic mass is 9.91. The first-order chi connectivity index (χ1) is 9.04. The van der Waals surface area contributed by atoms with E-state index in [-0.39, 0.29) is 11.8 Å². The van der Waals surface area contributed by atoms with Crippen LogP contribution in [0.2, 0.25) is 0 Å². The standard InChI is InChI=1S/C15H24N2OS/c1-3-15(4-2,14(16)19)17-13(18)12-10-8-5-6-9(7-8)11(10)12/h8-12H,3-7H2,1-2H3,(H2,16,19)(H,17,18). The molecule has 0 aromatic heterocycles. The summed E-state index contributed by atoms with van der Waals surface area (Å²) in [7, 11) is 0. The van der Waals surface area contributed by atoms with Crippen molar-refractivity contribution in [3.8, 4) is 0 Å². The molecule has 0 aromatic carbocycles. The van der Waals surface area contributed by atoms with Gasteiger partial charge in [-0.05, 0) is 55.8 Å². The molecule has 0 aromatic rings. The topological polar surface area (TPSA) is 55.1 Å². The van der Waals surface area contributed by atoms with Gasteiger partial charge in [0.15, 0.2) is 0 Å². The van der Waals surface area contributed by atoms with Gasteiger partial charge in [-0.3, -0.25) is 4.79 Å². The van der Waals surface area contributed by atoms with E-state index >= 15 is 0 Å². The van der Waals surface area contributed by atoms with E-state index in [1.54, 1.807) is 0 Å². The minimum atomic E-state index is -0.470. The molecule has 0 spiro atoms. The van der Waals surface area contributed by atoms with E-state index in [1.807, 2.05) is 13.8 Å². The average molecular weight is 280 g/mol. The predicted octanol–water partition coefficient (Wildman–Crippen LogP) is 2.24. The zero-order valence-corrected chi connectivity index (χ0v) is 12.6. The third-order valence-electron chi connectivity index (χ3n) is 6.08. The summed E-state index contributed by atoms with van der Waals surface area (Å²) >= 11 is 5.18. The molecule has 4 heteroatoms. The second-order valence-corrected chi connectivity index (χ2v) is 7.10. The molecule has 0 radical (unpaired) electrons. The molecule has 0 aliphatic heterocycles. The van der Waals surface area contributed by atoms with Crippen molar-refractivity contribution in [2.24, 2.45) is 35.3 Å². The van der Waals surface area contributed by atoms with Crippen molar-refractivity contribution in [1.29, 1.82) is 0 Å². The van der Waals surface area contributed by atoms with E-state index < -0.39 is 5.54 Å². The number of hydrogen-bond donors (Lipinski definition) is 2. The third kappa shape index (κ3) is 1.83. The summed E-state index contributed by atoms with van der Waals surface area (Å²) < 4.78 is 0. The number of amides is 1. The molecule has 1 amide bonds. The Hall–Kier alpha value is -0.640. The second kappa shape index (κ2) is 4.44. The summed E-state index contributed by atoms with van der Waals surface area (Å²) in [5.74, 6) is 3.48. The number of carbonyl (C=O) groups excluding carboxylic acids is 1. The maximum atomic E-state index is 12.5. The molecule has 3 saturated carbocycles. The summed E-state index contributed by atoms with van der Waals surface area (Å²) in [6.45, 7) is 4.08. The van der Waals surface area contributed by atoms with Crippen molar-refractivity contribution >= 4 is 23.1 Å². The molecule has 0 saturated heterocycles. The number of nitrogens with one attached hydrogen (secondary N) is 1. The zero-order valence-electron chi connectivity index (χ0n) is 11.8. The minimum absolute atomic E-state index is 0.211. The number of hydrogen-bond acceptors (Lipinski definition) is 2. The second-order valence-electron chi connectivity index (χ2n) is 6.66. The largest absolute Gasteiger partial charge is 0.391 e. The van der Waals surface area contributed by atoms with E-state index in [2.05, 4.69) is 5.32 Å². The molecule has 3 nitrogen and oxygen atoms in total. The lowest BCUT2D eigenvalue weighted by molar-refractivity contribution is -0.124. The van der Waals surface area contributed by atoms with Crippen LogP contribution in [0, 0.1) is 29.6 Å². The quantitative estimate of drug-likeness (QED) is 0.759. The van der Waals surface area contributed by atoms with Crippen molar-refractivity contribution in [2.45, 2.75) is 51.5 Å². The molecule has 3 rings (SSSR count). The Kier molecular flexibility index (Phi) is 3.12. The zero-order chi connectivity index (χ0) is 13.8. The van der Waals surface area contributed by atoms with Crippen LogP contribution in [-0.4, -0.2) is 16.4 Å². The Labute approximate surface area is 120 Å². The maximum absolute atomic E-state index is 12.5. The molecular formula is C15H24N2OS. The van der Waals surface area contributed by atoms with Gasteiger partial charge in [-0.2, -0.15) is 0 Å². The van der Waals surface area contributed by atoms with Crippen LogP contribution in [0.3, 0.4) is 0 Å². The van der Waals surface area contributed by atoms with Crippen LogP contribution in [0.4, 0.5) is 0 Å². The highest BCUT2D eigenvalue weighted by Gasteiger charge is 2.67. The summed E-state index contributed by atoms with van der Waals surface area (Å²) in [5, 5.41) is 3.18. The number of nitrogens with two attached hydrogens (primary N) is 1. The van der Waals surface area contributed by atoms with Gasteiger partial charge in [0.05, 0.1) is 10.5 Å². The fourth-order valence-corrected chi connectivity index (χ4v) is 5.17. The number of carbonyl (C=O) groups is 1. The molecule has 3 N–H and O–H groups in total. The van der Waals surface area contributed by atoms with E-state index in [0.717, 1.165) is 24.7 Å². The van der Waals surface area contributed by atoms with Crippen LogP contribution in [0.5, 0.6) is 0 Å². The highest BCUT2D eigenvalue weighted by atomic mass is 32.1. The van der Waals surface area contributed by atoms with Crippen LogP contribution in [0.1, 0.15) is 46.0 Å².